The lowest BCUT2D eigenvalue weighted by atomic mass is 10.2. The highest BCUT2D eigenvalue weighted by Crippen LogP contribution is 2.24. The second kappa shape index (κ2) is 8.76. The molecule has 3 heterocycles. The number of likely N-dealkylation sites (tertiary alicyclic amines) is 1. The van der Waals surface area contributed by atoms with E-state index in [9.17, 15) is 4.79 Å². The molecule has 0 radical (unpaired) electrons. The third-order valence-electron chi connectivity index (χ3n) is 5.63. The summed E-state index contributed by atoms with van der Waals surface area (Å²) in [5.74, 6) is 0.284. The van der Waals surface area contributed by atoms with Crippen LogP contribution in [-0.4, -0.2) is 71.2 Å². The van der Waals surface area contributed by atoms with Crippen molar-refractivity contribution in [3.05, 3.63) is 39.9 Å². The molecule has 1 atom stereocenters. The number of piperazine rings is 1. The summed E-state index contributed by atoms with van der Waals surface area (Å²) < 4.78 is 0. The standard InChI is InChI=1S/C20H26ClN5OS/c1-15(19(27)25-8-2-3-9-25)24-10-12-26(13-11-24)20-23-22-18(28-20)14-16-4-6-17(21)7-5-16/h4-7,15H,2-3,8-14H2,1H3. The molecule has 28 heavy (non-hydrogen) atoms. The van der Waals surface area contributed by atoms with Crippen LogP contribution in [0.25, 0.3) is 0 Å². The molecule has 1 unspecified atom stereocenters. The van der Waals surface area contributed by atoms with Crippen LogP contribution in [0.1, 0.15) is 30.3 Å². The monoisotopic (exact) mass is 419 g/mol. The maximum atomic E-state index is 12.6. The first-order valence-electron chi connectivity index (χ1n) is 9.95. The molecular formula is C20H26ClN5OS. The predicted molar refractivity (Wildman–Crippen MR) is 113 cm³/mol. The van der Waals surface area contributed by atoms with Crippen LogP contribution >= 0.6 is 22.9 Å². The molecule has 2 aromatic rings. The Labute approximate surface area is 175 Å². The molecule has 6 nitrogen and oxygen atoms in total. The molecule has 2 fully saturated rings. The predicted octanol–water partition coefficient (Wildman–Crippen LogP) is 2.92. The average Bonchev–Trinajstić information content (AvgIpc) is 3.41. The first-order valence-corrected chi connectivity index (χ1v) is 11.1. The van der Waals surface area contributed by atoms with Crippen LogP contribution in [0.2, 0.25) is 5.02 Å². The van der Waals surface area contributed by atoms with Crippen molar-refractivity contribution >= 4 is 34.0 Å². The molecule has 8 heteroatoms. The van der Waals surface area contributed by atoms with Crippen molar-refractivity contribution in [2.24, 2.45) is 0 Å². The van der Waals surface area contributed by atoms with E-state index in [-0.39, 0.29) is 11.9 Å². The number of hydrogen-bond donors (Lipinski definition) is 0. The van der Waals surface area contributed by atoms with Gasteiger partial charge >= 0.3 is 0 Å². The Kier molecular flexibility index (Phi) is 6.13. The summed E-state index contributed by atoms with van der Waals surface area (Å²) in [4.78, 5) is 19.2. The Morgan fingerprint density at radius 3 is 2.43 bits per heavy atom. The smallest absolute Gasteiger partial charge is 0.239 e. The minimum absolute atomic E-state index is 0.0323. The number of aromatic nitrogens is 2. The van der Waals surface area contributed by atoms with E-state index >= 15 is 0 Å². The van der Waals surface area contributed by atoms with E-state index in [1.165, 1.54) is 5.56 Å². The second-order valence-corrected chi connectivity index (χ2v) is 8.99. The van der Waals surface area contributed by atoms with Crippen molar-refractivity contribution in [2.45, 2.75) is 32.2 Å². The Morgan fingerprint density at radius 1 is 1.07 bits per heavy atom. The highest BCUT2D eigenvalue weighted by Gasteiger charge is 2.30. The lowest BCUT2D eigenvalue weighted by Crippen LogP contribution is -2.54. The van der Waals surface area contributed by atoms with Crippen LogP contribution in [0.3, 0.4) is 0 Å². The van der Waals surface area contributed by atoms with Crippen LogP contribution in [0, 0.1) is 0 Å². The van der Waals surface area contributed by atoms with Crippen LogP contribution in [0.15, 0.2) is 24.3 Å². The number of carbonyl (C=O) groups excluding carboxylic acids is 1. The average molecular weight is 420 g/mol. The minimum Gasteiger partial charge on any atom is -0.344 e. The first-order chi connectivity index (χ1) is 13.6. The SMILES string of the molecule is CC(C(=O)N1CCCC1)N1CCN(c2nnc(Cc3ccc(Cl)cc3)s2)CC1. The van der Waals surface area contributed by atoms with Gasteiger partial charge in [0.2, 0.25) is 11.0 Å². The van der Waals surface area contributed by atoms with Gasteiger partial charge < -0.3 is 9.80 Å². The normalized spacial score (nSPS) is 19.2. The Hall–Kier alpha value is -1.70. The number of benzene rings is 1. The largest absolute Gasteiger partial charge is 0.344 e. The Morgan fingerprint density at radius 2 is 1.75 bits per heavy atom. The number of rotatable bonds is 5. The maximum absolute atomic E-state index is 12.6. The number of hydrogen-bond acceptors (Lipinski definition) is 6. The van der Waals surface area contributed by atoms with Gasteiger partial charge in [0.05, 0.1) is 6.04 Å². The van der Waals surface area contributed by atoms with Crippen molar-refractivity contribution in [3.8, 4) is 0 Å². The van der Waals surface area contributed by atoms with Crippen molar-refractivity contribution in [1.29, 1.82) is 0 Å². The molecule has 0 N–H and O–H groups in total. The number of nitrogens with zero attached hydrogens (tertiary/aromatic N) is 5. The van der Waals surface area contributed by atoms with Gasteiger partial charge in [-0.1, -0.05) is 35.1 Å². The van der Waals surface area contributed by atoms with E-state index in [0.29, 0.717) is 0 Å². The quantitative estimate of drug-likeness (QED) is 0.745. The highest BCUT2D eigenvalue weighted by atomic mass is 35.5. The van der Waals surface area contributed by atoms with Crippen LogP contribution in [0.5, 0.6) is 0 Å². The summed E-state index contributed by atoms with van der Waals surface area (Å²) in [5, 5.41) is 11.5. The number of halogens is 1. The van der Waals surface area contributed by atoms with E-state index in [0.717, 1.165) is 73.7 Å². The topological polar surface area (TPSA) is 52.6 Å². The van der Waals surface area contributed by atoms with E-state index in [4.69, 9.17) is 11.6 Å². The van der Waals surface area contributed by atoms with Crippen LogP contribution < -0.4 is 4.90 Å². The third kappa shape index (κ3) is 4.47. The summed E-state index contributed by atoms with van der Waals surface area (Å²) in [6.07, 6.45) is 3.06. The van der Waals surface area contributed by atoms with Gasteiger partial charge in [-0.2, -0.15) is 0 Å². The van der Waals surface area contributed by atoms with E-state index < -0.39 is 0 Å². The molecule has 0 saturated carbocycles. The summed E-state index contributed by atoms with van der Waals surface area (Å²) in [6.45, 7) is 7.42. The molecule has 1 aromatic carbocycles. The van der Waals surface area contributed by atoms with Crippen molar-refractivity contribution in [1.82, 2.24) is 20.0 Å². The molecule has 0 bridgehead atoms. The fourth-order valence-corrected chi connectivity index (χ4v) is 4.93. The fraction of sp³-hybridized carbons (Fsp3) is 0.550. The van der Waals surface area contributed by atoms with Gasteiger partial charge in [-0.25, -0.2) is 0 Å². The Balaban J connectivity index is 1.30. The lowest BCUT2D eigenvalue weighted by Gasteiger charge is -2.38. The third-order valence-corrected chi connectivity index (χ3v) is 6.87. The molecule has 1 aromatic heterocycles. The second-order valence-electron chi connectivity index (χ2n) is 7.51. The van der Waals surface area contributed by atoms with E-state index in [1.807, 2.05) is 36.1 Å². The first kappa shape index (κ1) is 19.6. The van der Waals surface area contributed by atoms with Gasteiger partial charge in [-0.3, -0.25) is 9.69 Å². The highest BCUT2D eigenvalue weighted by molar-refractivity contribution is 7.15. The van der Waals surface area contributed by atoms with E-state index in [2.05, 4.69) is 20.0 Å². The van der Waals surface area contributed by atoms with Crippen molar-refractivity contribution < 1.29 is 4.79 Å². The van der Waals surface area contributed by atoms with Gasteiger partial charge in [0.1, 0.15) is 5.01 Å². The molecule has 4 rings (SSSR count). The Bertz CT molecular complexity index is 797. The van der Waals surface area contributed by atoms with Gasteiger partial charge in [0, 0.05) is 50.7 Å². The fourth-order valence-electron chi connectivity index (χ4n) is 3.88. The van der Waals surface area contributed by atoms with Crippen LogP contribution in [-0.2, 0) is 11.2 Å². The number of carbonyl (C=O) groups is 1. The van der Waals surface area contributed by atoms with Crippen molar-refractivity contribution in [2.75, 3.05) is 44.2 Å². The molecule has 2 aliphatic heterocycles. The summed E-state index contributed by atoms with van der Waals surface area (Å²) in [5.41, 5.74) is 1.19. The molecule has 0 spiro atoms. The summed E-state index contributed by atoms with van der Waals surface area (Å²) in [6, 6.07) is 7.84. The molecule has 1 amide bonds. The molecule has 150 valence electrons. The van der Waals surface area contributed by atoms with Gasteiger partial charge in [-0.15, -0.1) is 10.2 Å². The maximum Gasteiger partial charge on any atom is 0.239 e. The van der Waals surface area contributed by atoms with Gasteiger partial charge in [0.25, 0.3) is 0 Å². The van der Waals surface area contributed by atoms with Crippen molar-refractivity contribution in [3.63, 3.8) is 0 Å². The van der Waals surface area contributed by atoms with Crippen LogP contribution in [0.4, 0.5) is 5.13 Å². The molecular weight excluding hydrogens is 394 g/mol. The number of amides is 1. The number of anilines is 1. The zero-order valence-corrected chi connectivity index (χ0v) is 17.8. The molecule has 0 aliphatic carbocycles. The van der Waals surface area contributed by atoms with E-state index in [1.54, 1.807) is 11.3 Å². The summed E-state index contributed by atoms with van der Waals surface area (Å²) >= 11 is 7.60. The molecule has 2 saturated heterocycles. The zero-order valence-electron chi connectivity index (χ0n) is 16.2. The van der Waals surface area contributed by atoms with Gasteiger partial charge in [0.15, 0.2) is 0 Å². The lowest BCUT2D eigenvalue weighted by molar-refractivity contribution is -0.135. The van der Waals surface area contributed by atoms with Gasteiger partial charge in [-0.05, 0) is 37.5 Å². The zero-order chi connectivity index (χ0) is 19.5. The summed E-state index contributed by atoms with van der Waals surface area (Å²) in [7, 11) is 0. The molecule has 2 aliphatic rings. The minimum atomic E-state index is -0.0323.